The van der Waals surface area contributed by atoms with Gasteiger partial charge in [0.05, 0.1) is 17.1 Å². The summed E-state index contributed by atoms with van der Waals surface area (Å²) in [6.07, 6.45) is 5.81. The zero-order valence-electron chi connectivity index (χ0n) is 16.4. The van der Waals surface area contributed by atoms with Crippen LogP contribution in [0.5, 0.6) is 0 Å². The number of amides is 4. The molecule has 0 radical (unpaired) electrons. The molecular weight excluding hydrogens is 390 g/mol. The van der Waals surface area contributed by atoms with Gasteiger partial charge < -0.3 is 15.6 Å². The largest absolute Gasteiger partial charge is 0.345 e. The molecule has 1 aromatic heterocycles. The van der Waals surface area contributed by atoms with Gasteiger partial charge in [0.1, 0.15) is 17.9 Å². The van der Waals surface area contributed by atoms with Gasteiger partial charge in [-0.2, -0.15) is 11.8 Å². The van der Waals surface area contributed by atoms with Gasteiger partial charge in [0, 0.05) is 0 Å². The van der Waals surface area contributed by atoms with E-state index in [0.717, 1.165) is 34.5 Å². The number of H-pyrrole nitrogens is 1. The molecule has 0 bridgehead atoms. The Morgan fingerprint density at radius 1 is 1.31 bits per heavy atom. The average molecular weight is 416 g/mol. The fraction of sp³-hybridized carbons (Fsp3) is 0.500. The number of urea groups is 1. The Hall–Kier alpha value is -2.55. The van der Waals surface area contributed by atoms with E-state index in [1.807, 2.05) is 30.5 Å². The number of carbonyl (C=O) groups is 3. The van der Waals surface area contributed by atoms with Gasteiger partial charge in [0.15, 0.2) is 0 Å². The number of para-hydroxylation sites is 2. The molecule has 1 saturated carbocycles. The first-order valence-electron chi connectivity index (χ1n) is 9.89. The number of carbonyl (C=O) groups excluding carboxylic acids is 3. The van der Waals surface area contributed by atoms with E-state index in [0.29, 0.717) is 25.1 Å². The first-order chi connectivity index (χ1) is 14.0. The number of thioether (sulfide) groups is 1. The zero-order chi connectivity index (χ0) is 20.4. The normalized spacial score (nSPS) is 19.1. The Morgan fingerprint density at radius 3 is 2.79 bits per heavy atom. The molecule has 1 atom stereocenters. The maximum absolute atomic E-state index is 12.8. The summed E-state index contributed by atoms with van der Waals surface area (Å²) in [6.45, 7) is -0.275. The van der Waals surface area contributed by atoms with Crippen molar-refractivity contribution in [3.63, 3.8) is 0 Å². The quantitative estimate of drug-likeness (QED) is 0.602. The van der Waals surface area contributed by atoms with E-state index in [4.69, 9.17) is 0 Å². The van der Waals surface area contributed by atoms with E-state index in [1.54, 1.807) is 11.8 Å². The zero-order valence-corrected chi connectivity index (χ0v) is 17.2. The van der Waals surface area contributed by atoms with Gasteiger partial charge in [-0.15, -0.1) is 0 Å². The molecule has 1 aliphatic heterocycles. The van der Waals surface area contributed by atoms with Crippen LogP contribution in [0, 0.1) is 0 Å². The highest BCUT2D eigenvalue weighted by molar-refractivity contribution is 7.98. The van der Waals surface area contributed by atoms with Gasteiger partial charge in [-0.25, -0.2) is 9.78 Å². The molecule has 3 N–H and O–H groups in total. The Balaban J connectivity index is 1.46. The van der Waals surface area contributed by atoms with E-state index >= 15 is 0 Å². The summed E-state index contributed by atoms with van der Waals surface area (Å²) in [6, 6.07) is 6.90. The second-order valence-corrected chi connectivity index (χ2v) is 8.64. The molecule has 1 aromatic carbocycles. The third kappa shape index (κ3) is 3.83. The molecule has 0 unspecified atom stereocenters. The van der Waals surface area contributed by atoms with E-state index in [-0.39, 0.29) is 24.4 Å². The van der Waals surface area contributed by atoms with Gasteiger partial charge in [-0.3, -0.25) is 14.5 Å². The number of rotatable bonds is 7. The summed E-state index contributed by atoms with van der Waals surface area (Å²) in [5, 5.41) is 5.76. The summed E-state index contributed by atoms with van der Waals surface area (Å²) in [7, 11) is 0. The first-order valence-corrected chi connectivity index (χ1v) is 11.3. The number of hydrogen-bond donors (Lipinski definition) is 3. The van der Waals surface area contributed by atoms with Crippen LogP contribution < -0.4 is 10.6 Å². The SMILES string of the molecule is CSCC[C@@H](NC(=O)CN1C(=O)NC2(CCCC2)C1=O)c1nc2ccccc2[nH]1. The highest BCUT2D eigenvalue weighted by Gasteiger charge is 2.52. The second-order valence-electron chi connectivity index (χ2n) is 7.65. The van der Waals surface area contributed by atoms with Crippen molar-refractivity contribution in [1.29, 1.82) is 0 Å². The fourth-order valence-corrected chi connectivity index (χ4v) is 4.64. The Bertz CT molecular complexity index is 904. The summed E-state index contributed by atoms with van der Waals surface area (Å²) in [4.78, 5) is 46.7. The summed E-state index contributed by atoms with van der Waals surface area (Å²) < 4.78 is 0. The first kappa shape index (κ1) is 19.8. The van der Waals surface area contributed by atoms with Gasteiger partial charge in [-0.1, -0.05) is 25.0 Å². The lowest BCUT2D eigenvalue weighted by Crippen LogP contribution is -2.45. The van der Waals surface area contributed by atoms with Crippen molar-refractivity contribution in [1.82, 2.24) is 25.5 Å². The lowest BCUT2D eigenvalue weighted by Gasteiger charge is -2.21. The molecule has 4 amide bonds. The molecule has 2 fully saturated rings. The van der Waals surface area contributed by atoms with Gasteiger partial charge >= 0.3 is 6.03 Å². The van der Waals surface area contributed by atoms with E-state index < -0.39 is 11.6 Å². The molecule has 1 spiro atoms. The van der Waals surface area contributed by atoms with Gasteiger partial charge in [-0.05, 0) is 43.4 Å². The van der Waals surface area contributed by atoms with Crippen LogP contribution in [0.15, 0.2) is 24.3 Å². The minimum absolute atomic E-state index is 0.275. The predicted octanol–water partition coefficient (Wildman–Crippen LogP) is 2.34. The van der Waals surface area contributed by atoms with E-state index in [2.05, 4.69) is 20.6 Å². The molecule has 9 heteroatoms. The standard InChI is InChI=1S/C20H25N5O3S/c1-29-11-8-15(17-22-13-6-2-3-7-14(13)23-17)21-16(26)12-25-18(27)20(24-19(25)28)9-4-5-10-20/h2-3,6-7,15H,4-5,8-12H2,1H3,(H,21,26)(H,22,23)(H,24,28)/t15-/m1/s1. The van der Waals surface area contributed by atoms with Crippen LogP contribution in [0.1, 0.15) is 44.0 Å². The van der Waals surface area contributed by atoms with Crippen molar-refractivity contribution < 1.29 is 14.4 Å². The number of imide groups is 1. The van der Waals surface area contributed by atoms with Crippen LogP contribution in [-0.4, -0.2) is 56.8 Å². The number of aromatic nitrogens is 2. The van der Waals surface area contributed by atoms with Crippen LogP contribution in [0.4, 0.5) is 4.79 Å². The summed E-state index contributed by atoms with van der Waals surface area (Å²) in [5.41, 5.74) is 0.945. The molecule has 2 aliphatic rings. The number of imidazole rings is 1. The van der Waals surface area contributed by atoms with Crippen LogP contribution in [-0.2, 0) is 9.59 Å². The number of benzene rings is 1. The van der Waals surface area contributed by atoms with Crippen molar-refractivity contribution in [3.05, 3.63) is 30.1 Å². The molecule has 29 heavy (non-hydrogen) atoms. The minimum Gasteiger partial charge on any atom is -0.345 e. The third-order valence-corrected chi connectivity index (χ3v) is 6.33. The number of nitrogens with zero attached hydrogens (tertiary/aromatic N) is 2. The van der Waals surface area contributed by atoms with Crippen molar-refractivity contribution in [2.75, 3.05) is 18.6 Å². The average Bonchev–Trinajstić information content (AvgIpc) is 3.40. The number of nitrogens with one attached hydrogen (secondary N) is 3. The second kappa shape index (κ2) is 8.06. The Morgan fingerprint density at radius 2 is 2.07 bits per heavy atom. The van der Waals surface area contributed by atoms with Crippen molar-refractivity contribution in [3.8, 4) is 0 Å². The monoisotopic (exact) mass is 415 g/mol. The van der Waals surface area contributed by atoms with Crippen LogP contribution in [0.3, 0.4) is 0 Å². The molecular formula is C20H25N5O3S. The van der Waals surface area contributed by atoms with E-state index in [1.165, 1.54) is 0 Å². The molecule has 8 nitrogen and oxygen atoms in total. The smallest absolute Gasteiger partial charge is 0.325 e. The molecule has 2 aromatic rings. The van der Waals surface area contributed by atoms with Crippen LogP contribution in [0.25, 0.3) is 11.0 Å². The van der Waals surface area contributed by atoms with Crippen molar-refractivity contribution >= 4 is 40.6 Å². The number of fused-ring (bicyclic) bond motifs is 1. The number of hydrogen-bond acceptors (Lipinski definition) is 5. The van der Waals surface area contributed by atoms with Crippen molar-refractivity contribution in [2.24, 2.45) is 0 Å². The van der Waals surface area contributed by atoms with Gasteiger partial charge in [0.2, 0.25) is 5.91 Å². The highest BCUT2D eigenvalue weighted by Crippen LogP contribution is 2.35. The molecule has 2 heterocycles. The van der Waals surface area contributed by atoms with Crippen molar-refractivity contribution in [2.45, 2.75) is 43.7 Å². The predicted molar refractivity (Wildman–Crippen MR) is 111 cm³/mol. The maximum Gasteiger partial charge on any atom is 0.325 e. The summed E-state index contributed by atoms with van der Waals surface area (Å²) in [5.74, 6) is 0.876. The topological polar surface area (TPSA) is 107 Å². The third-order valence-electron chi connectivity index (χ3n) is 5.69. The molecule has 154 valence electrons. The molecule has 1 aliphatic carbocycles. The minimum atomic E-state index is -0.797. The Labute approximate surface area is 173 Å². The lowest BCUT2D eigenvalue weighted by atomic mass is 9.98. The molecule has 4 rings (SSSR count). The molecule has 1 saturated heterocycles. The van der Waals surface area contributed by atoms with Crippen LogP contribution in [0.2, 0.25) is 0 Å². The van der Waals surface area contributed by atoms with Gasteiger partial charge in [0.25, 0.3) is 5.91 Å². The Kier molecular flexibility index (Phi) is 5.49. The number of aromatic amines is 1. The summed E-state index contributed by atoms with van der Waals surface area (Å²) >= 11 is 1.68. The highest BCUT2D eigenvalue weighted by atomic mass is 32.2. The van der Waals surface area contributed by atoms with Crippen LogP contribution >= 0.6 is 11.8 Å². The van der Waals surface area contributed by atoms with E-state index in [9.17, 15) is 14.4 Å². The lowest BCUT2D eigenvalue weighted by molar-refractivity contribution is -0.135. The fourth-order valence-electron chi connectivity index (χ4n) is 4.17. The maximum atomic E-state index is 12.8.